The molecule has 0 radical (unpaired) electrons. The molecule has 1 aromatic carbocycles. The Balaban J connectivity index is 1.58. The van der Waals surface area contributed by atoms with Crippen LogP contribution in [0.1, 0.15) is 17.3 Å². The highest BCUT2D eigenvalue weighted by atomic mass is 16.7. The average Bonchev–Trinajstić information content (AvgIpc) is 3.07. The zero-order chi connectivity index (χ0) is 35.7. The first-order valence-electron chi connectivity index (χ1n) is 14.8. The van der Waals surface area contributed by atoms with Crippen molar-refractivity contribution in [1.29, 1.82) is 0 Å². The van der Waals surface area contributed by atoms with Crippen LogP contribution in [0.2, 0.25) is 0 Å². The summed E-state index contributed by atoms with van der Waals surface area (Å²) in [4.78, 5) is 16.2. The topological polar surface area (TPSA) is 372 Å². The van der Waals surface area contributed by atoms with Gasteiger partial charge in [-0.3, -0.25) is 4.79 Å². The van der Waals surface area contributed by atoms with Gasteiger partial charge in [0.2, 0.25) is 0 Å². The van der Waals surface area contributed by atoms with Crippen LogP contribution in [0.25, 0.3) is 10.4 Å². The lowest BCUT2D eigenvalue weighted by Crippen LogP contribution is -2.77. The molecule has 0 saturated carbocycles. The van der Waals surface area contributed by atoms with Gasteiger partial charge in [-0.05, 0) is 12.5 Å². The third-order valence-corrected chi connectivity index (χ3v) is 9.03. The summed E-state index contributed by atoms with van der Waals surface area (Å²) in [5.74, 6) is -1.09. The van der Waals surface area contributed by atoms with E-state index in [4.69, 9.17) is 46.4 Å². The number of carbonyl (C=O) groups is 1. The van der Waals surface area contributed by atoms with E-state index in [0.717, 1.165) is 6.92 Å². The van der Waals surface area contributed by atoms with E-state index in [1.807, 2.05) is 0 Å². The van der Waals surface area contributed by atoms with E-state index in [0.29, 0.717) is 0 Å². The molecule has 0 bridgehead atoms. The van der Waals surface area contributed by atoms with Gasteiger partial charge in [-0.1, -0.05) is 29.4 Å². The summed E-state index contributed by atoms with van der Waals surface area (Å²) in [5, 5.41) is 98.8. The van der Waals surface area contributed by atoms with Crippen LogP contribution in [0, 0.1) is 0 Å². The second-order valence-corrected chi connectivity index (χ2v) is 12.0. The van der Waals surface area contributed by atoms with Gasteiger partial charge >= 0.3 is 0 Å². The fraction of sp³-hybridized carbons (Fsp3) is 0.741. The smallest absolute Gasteiger partial charge is 0.197 e. The minimum absolute atomic E-state index is 0.144. The summed E-state index contributed by atoms with van der Waals surface area (Å²) < 4.78 is 28.2. The number of hydrogen-bond donors (Lipinski definition) is 12. The van der Waals surface area contributed by atoms with Crippen molar-refractivity contribution in [3.05, 3.63) is 40.3 Å². The fourth-order valence-corrected chi connectivity index (χ4v) is 5.97. The Morgan fingerprint density at radius 3 is 1.96 bits per heavy atom. The monoisotopic (exact) mass is 690 g/mol. The predicted molar refractivity (Wildman–Crippen MR) is 156 cm³/mol. The van der Waals surface area contributed by atoms with Crippen molar-refractivity contribution < 1.29 is 74.4 Å². The Morgan fingerprint density at radius 1 is 0.896 bits per heavy atom. The van der Waals surface area contributed by atoms with Crippen molar-refractivity contribution in [1.82, 2.24) is 0 Å². The second-order valence-electron chi connectivity index (χ2n) is 12.0. The van der Waals surface area contributed by atoms with Crippen molar-refractivity contribution in [3.63, 3.8) is 0 Å². The standard InChI is InChI=1S/C27H42N6O15/c1-26(43,21(40)9-2-4-10(5-3-9)32-33-31)27(8-36)22(41)18(39)15(30)25(48-27)47-20-12(7-35)45-24(14(29)17(20)38)46-19-11(6-34)44-23(42)13(28)16(19)37/h2-5,11-20,22-25,34-39,41-43H,6-8,28-30H2,1H3/t11-,12-,13-,14-,15-,16-,17-,18-,19?,20?,22+,23-,24+,25+,26?,27-/m1/s1. The van der Waals surface area contributed by atoms with Gasteiger partial charge in [0, 0.05) is 16.2 Å². The number of Topliss-reactive ketones (excluding diaryl/α,β-unsaturated/α-hetero) is 1. The van der Waals surface area contributed by atoms with E-state index in [-0.39, 0.29) is 11.3 Å². The number of aliphatic hydroxyl groups excluding tert-OH is 8. The molecule has 3 saturated heterocycles. The molecular formula is C27H42N6O15. The molecule has 0 aliphatic carbocycles. The predicted octanol–water partition coefficient (Wildman–Crippen LogP) is -5.73. The number of carbonyl (C=O) groups excluding carboxylic acids is 1. The van der Waals surface area contributed by atoms with Crippen molar-refractivity contribution in [3.8, 4) is 0 Å². The molecule has 15 N–H and O–H groups in total. The summed E-state index contributed by atoms with van der Waals surface area (Å²) in [5.41, 5.74) is 21.1. The summed E-state index contributed by atoms with van der Waals surface area (Å²) in [7, 11) is 0. The van der Waals surface area contributed by atoms with Crippen molar-refractivity contribution in [2.45, 2.75) is 104 Å². The SMILES string of the molecule is CC(O)(C(=O)c1ccc(N=[N+]=[N-])cc1)[C@]1(CO)O[C@H](OC2[C@@H](CO)O[C@@H](OC3[C@@H](CO)O[C@@H](O)[C@H](N)[C@H]3O)[C@H](N)[C@H]2O)[C@H](N)[C@@H](O)[C@@H]1O. The maximum absolute atomic E-state index is 13.5. The highest BCUT2D eigenvalue weighted by Gasteiger charge is 2.65. The number of hydrogen-bond acceptors (Lipinski definition) is 19. The molecule has 0 amide bonds. The minimum atomic E-state index is -2.79. The normalized spacial score (nSPS) is 43.2. The zero-order valence-corrected chi connectivity index (χ0v) is 25.6. The van der Waals surface area contributed by atoms with Gasteiger partial charge in [0.15, 0.2) is 35.9 Å². The van der Waals surface area contributed by atoms with Crippen LogP contribution in [0.3, 0.4) is 0 Å². The first-order valence-corrected chi connectivity index (χ1v) is 14.8. The zero-order valence-electron chi connectivity index (χ0n) is 25.6. The molecule has 3 heterocycles. The molecule has 21 heteroatoms. The van der Waals surface area contributed by atoms with E-state index in [2.05, 4.69) is 10.0 Å². The van der Waals surface area contributed by atoms with Gasteiger partial charge in [-0.2, -0.15) is 0 Å². The van der Waals surface area contributed by atoms with Crippen LogP contribution >= 0.6 is 0 Å². The average molecular weight is 691 g/mol. The molecule has 48 heavy (non-hydrogen) atoms. The number of rotatable bonds is 11. The van der Waals surface area contributed by atoms with Crippen molar-refractivity contribution in [2.75, 3.05) is 19.8 Å². The lowest BCUT2D eigenvalue weighted by atomic mass is 9.71. The summed E-state index contributed by atoms with van der Waals surface area (Å²) in [6.07, 6.45) is -18.5. The lowest BCUT2D eigenvalue weighted by molar-refractivity contribution is -0.373. The van der Waals surface area contributed by atoms with Gasteiger partial charge in [-0.25, -0.2) is 0 Å². The summed E-state index contributed by atoms with van der Waals surface area (Å²) in [6, 6.07) is 0.444. The Hall–Kier alpha value is -2.48. The Labute approximate surface area is 272 Å². The van der Waals surface area contributed by atoms with E-state index >= 15 is 0 Å². The van der Waals surface area contributed by atoms with Crippen LogP contribution in [0.5, 0.6) is 0 Å². The first-order chi connectivity index (χ1) is 22.6. The number of aliphatic hydroxyl groups is 9. The third-order valence-electron chi connectivity index (χ3n) is 9.03. The molecule has 4 rings (SSSR count). The molecule has 1 aromatic rings. The van der Waals surface area contributed by atoms with Gasteiger partial charge in [0.1, 0.15) is 48.8 Å². The van der Waals surface area contributed by atoms with Crippen LogP contribution in [0.15, 0.2) is 29.4 Å². The molecule has 3 unspecified atom stereocenters. The highest BCUT2D eigenvalue weighted by Crippen LogP contribution is 2.41. The van der Waals surface area contributed by atoms with Crippen LogP contribution in [-0.4, -0.2) is 169 Å². The number of benzene rings is 1. The van der Waals surface area contributed by atoms with Crippen molar-refractivity contribution in [2.24, 2.45) is 22.3 Å². The number of ether oxygens (including phenoxy) is 5. The molecule has 16 atom stereocenters. The first kappa shape index (κ1) is 38.3. The quantitative estimate of drug-likeness (QED) is 0.0445. The maximum Gasteiger partial charge on any atom is 0.197 e. The van der Waals surface area contributed by atoms with E-state index in [1.165, 1.54) is 24.3 Å². The molecule has 21 nitrogen and oxygen atoms in total. The van der Waals surface area contributed by atoms with E-state index < -0.39 is 123 Å². The summed E-state index contributed by atoms with van der Waals surface area (Å²) in [6.45, 7) is -1.95. The largest absolute Gasteiger partial charge is 0.394 e. The van der Waals surface area contributed by atoms with Gasteiger partial charge < -0.3 is 86.8 Å². The number of ketones is 1. The van der Waals surface area contributed by atoms with E-state index in [1.54, 1.807) is 0 Å². The molecule has 3 aliphatic rings. The molecule has 3 aliphatic heterocycles. The molecule has 0 spiro atoms. The molecule has 3 fully saturated rings. The molecule has 270 valence electrons. The summed E-state index contributed by atoms with van der Waals surface area (Å²) >= 11 is 0. The number of nitrogens with two attached hydrogens (primary N) is 3. The lowest BCUT2D eigenvalue weighted by Gasteiger charge is -2.54. The Morgan fingerprint density at radius 2 is 1.42 bits per heavy atom. The fourth-order valence-electron chi connectivity index (χ4n) is 5.97. The van der Waals surface area contributed by atoms with Crippen LogP contribution < -0.4 is 17.2 Å². The second kappa shape index (κ2) is 15.2. The highest BCUT2D eigenvalue weighted by molar-refractivity contribution is 6.03. The Bertz CT molecular complexity index is 1300. The maximum atomic E-state index is 13.5. The molecular weight excluding hydrogens is 648 g/mol. The minimum Gasteiger partial charge on any atom is -0.394 e. The molecule has 0 aromatic heterocycles. The van der Waals surface area contributed by atoms with Crippen LogP contribution in [0.4, 0.5) is 5.69 Å². The number of nitrogens with zero attached hydrogens (tertiary/aromatic N) is 3. The van der Waals surface area contributed by atoms with Gasteiger partial charge in [0.05, 0.1) is 37.9 Å². The third kappa shape index (κ3) is 6.81. The van der Waals surface area contributed by atoms with E-state index in [9.17, 15) is 50.8 Å². The van der Waals surface area contributed by atoms with Gasteiger partial charge in [0.25, 0.3) is 0 Å². The van der Waals surface area contributed by atoms with Gasteiger partial charge in [-0.15, -0.1) is 0 Å². The van der Waals surface area contributed by atoms with Crippen LogP contribution in [-0.2, 0) is 23.7 Å². The number of azide groups is 1. The van der Waals surface area contributed by atoms with Crippen molar-refractivity contribution >= 4 is 11.5 Å². The Kier molecular flexibility index (Phi) is 12.1.